The van der Waals surface area contributed by atoms with Gasteiger partial charge in [0.1, 0.15) is 6.10 Å². The van der Waals surface area contributed by atoms with Crippen LogP contribution in [-0.4, -0.2) is 37.0 Å². The van der Waals surface area contributed by atoms with Crippen LogP contribution in [0.5, 0.6) is 0 Å². The van der Waals surface area contributed by atoms with Gasteiger partial charge in [-0.1, -0.05) is 193 Å². The molecule has 1 N–H and O–H groups in total. The SMILES string of the molecule is CCCCCC/C=C\CCCCCCCC(=O)OC(CO)COCCCCCCCCCCCCCCCCCCCCCCC. The highest BCUT2D eigenvalue weighted by Crippen LogP contribution is 2.15. The molecule has 0 bridgehead atoms. The quantitative estimate of drug-likeness (QED) is 0.0408. The summed E-state index contributed by atoms with van der Waals surface area (Å²) in [5.74, 6) is -0.206. The van der Waals surface area contributed by atoms with Crippen LogP contribution < -0.4 is 0 Å². The molecule has 0 saturated carbocycles. The first kappa shape index (κ1) is 45.1. The van der Waals surface area contributed by atoms with Gasteiger partial charge in [-0.25, -0.2) is 0 Å². The molecule has 0 radical (unpaired) electrons. The largest absolute Gasteiger partial charge is 0.457 e. The lowest BCUT2D eigenvalue weighted by atomic mass is 10.0. The number of ether oxygens (including phenoxy) is 2. The van der Waals surface area contributed by atoms with E-state index in [1.807, 2.05) is 0 Å². The Balaban J connectivity index is 3.36. The number of aliphatic hydroxyl groups is 1. The van der Waals surface area contributed by atoms with Crippen LogP contribution in [0.3, 0.4) is 0 Å². The highest BCUT2D eigenvalue weighted by Gasteiger charge is 2.13. The molecule has 0 spiro atoms. The van der Waals surface area contributed by atoms with E-state index in [0.717, 1.165) is 19.3 Å². The predicted molar refractivity (Wildman–Crippen MR) is 201 cm³/mol. The summed E-state index contributed by atoms with van der Waals surface area (Å²) >= 11 is 0. The van der Waals surface area contributed by atoms with Crippen molar-refractivity contribution in [2.75, 3.05) is 19.8 Å². The fourth-order valence-electron chi connectivity index (χ4n) is 6.21. The fourth-order valence-corrected chi connectivity index (χ4v) is 6.21. The van der Waals surface area contributed by atoms with Crippen molar-refractivity contribution in [2.24, 2.45) is 0 Å². The van der Waals surface area contributed by atoms with E-state index >= 15 is 0 Å². The van der Waals surface area contributed by atoms with E-state index in [1.54, 1.807) is 0 Å². The number of rotatable bonds is 39. The Labute approximate surface area is 288 Å². The molecule has 4 heteroatoms. The van der Waals surface area contributed by atoms with Gasteiger partial charge >= 0.3 is 5.97 Å². The lowest BCUT2D eigenvalue weighted by Crippen LogP contribution is -2.27. The first-order valence-electron chi connectivity index (χ1n) is 20.8. The number of carbonyl (C=O) groups excluding carboxylic acids is 1. The lowest BCUT2D eigenvalue weighted by molar-refractivity contribution is -0.154. The molecule has 0 rings (SSSR count). The standard InChI is InChI=1S/C42H82O4/c1-3-5-7-9-11-13-15-17-18-19-20-21-22-23-24-26-28-30-32-34-36-38-45-40-41(39-43)46-42(44)37-35-33-31-29-27-25-16-14-12-10-8-6-4-2/h14,16,41,43H,3-13,15,17-40H2,1-2H3/b16-14-. The molecular formula is C42H82O4. The summed E-state index contributed by atoms with van der Waals surface area (Å²) in [5.41, 5.74) is 0. The smallest absolute Gasteiger partial charge is 0.306 e. The topological polar surface area (TPSA) is 55.8 Å². The van der Waals surface area contributed by atoms with Crippen LogP contribution in [0.4, 0.5) is 0 Å². The molecule has 0 heterocycles. The second-order valence-corrected chi connectivity index (χ2v) is 14.1. The Kier molecular flexibility index (Phi) is 39.5. The van der Waals surface area contributed by atoms with Crippen molar-refractivity contribution in [3.05, 3.63) is 12.2 Å². The number of unbranched alkanes of at least 4 members (excludes halogenated alkanes) is 29. The van der Waals surface area contributed by atoms with Crippen molar-refractivity contribution in [3.8, 4) is 0 Å². The Bertz CT molecular complexity index is 604. The molecule has 46 heavy (non-hydrogen) atoms. The molecule has 0 aliphatic heterocycles. The fraction of sp³-hybridized carbons (Fsp3) is 0.929. The summed E-state index contributed by atoms with van der Waals surface area (Å²) in [4.78, 5) is 12.1. The number of aliphatic hydroxyl groups excluding tert-OH is 1. The first-order chi connectivity index (χ1) is 22.7. The van der Waals surface area contributed by atoms with Crippen molar-refractivity contribution < 1.29 is 19.4 Å². The van der Waals surface area contributed by atoms with Crippen molar-refractivity contribution in [1.29, 1.82) is 0 Å². The van der Waals surface area contributed by atoms with E-state index in [2.05, 4.69) is 26.0 Å². The average molecular weight is 651 g/mol. The normalized spacial score (nSPS) is 12.3. The maximum Gasteiger partial charge on any atom is 0.306 e. The van der Waals surface area contributed by atoms with Crippen LogP contribution >= 0.6 is 0 Å². The molecule has 274 valence electrons. The Morgan fingerprint density at radius 3 is 1.26 bits per heavy atom. The molecule has 0 aliphatic carbocycles. The van der Waals surface area contributed by atoms with Crippen molar-refractivity contribution in [2.45, 2.75) is 232 Å². The van der Waals surface area contributed by atoms with E-state index < -0.39 is 6.10 Å². The lowest BCUT2D eigenvalue weighted by Gasteiger charge is -2.15. The average Bonchev–Trinajstić information content (AvgIpc) is 3.06. The zero-order valence-corrected chi connectivity index (χ0v) is 31.4. The molecule has 4 nitrogen and oxygen atoms in total. The minimum Gasteiger partial charge on any atom is -0.457 e. The molecule has 0 amide bonds. The maximum atomic E-state index is 12.1. The summed E-state index contributed by atoms with van der Waals surface area (Å²) < 4.78 is 11.1. The van der Waals surface area contributed by atoms with Gasteiger partial charge in [0.2, 0.25) is 0 Å². The summed E-state index contributed by atoms with van der Waals surface area (Å²) in [6.45, 7) is 5.36. The number of allylic oxidation sites excluding steroid dienone is 2. The molecule has 0 saturated heterocycles. The van der Waals surface area contributed by atoms with Gasteiger partial charge in [0.15, 0.2) is 0 Å². The summed E-state index contributed by atoms with van der Waals surface area (Å²) in [5, 5.41) is 9.57. The number of carbonyl (C=O) groups is 1. The number of hydrogen-bond donors (Lipinski definition) is 1. The summed E-state index contributed by atoms with van der Waals surface area (Å²) in [6.07, 6.45) is 47.0. The van der Waals surface area contributed by atoms with E-state index in [4.69, 9.17) is 9.47 Å². The molecule has 0 fully saturated rings. The predicted octanol–water partition coefficient (Wildman–Crippen LogP) is 13.4. The molecule has 0 aromatic rings. The van der Waals surface area contributed by atoms with Crippen LogP contribution in [0.15, 0.2) is 12.2 Å². The maximum absolute atomic E-state index is 12.1. The van der Waals surface area contributed by atoms with Gasteiger partial charge in [0.25, 0.3) is 0 Å². The van der Waals surface area contributed by atoms with Gasteiger partial charge in [0, 0.05) is 13.0 Å². The molecule has 1 atom stereocenters. The third-order valence-electron chi connectivity index (χ3n) is 9.34. The van der Waals surface area contributed by atoms with Crippen LogP contribution in [0, 0.1) is 0 Å². The Morgan fingerprint density at radius 1 is 0.500 bits per heavy atom. The minimum atomic E-state index is -0.531. The zero-order valence-electron chi connectivity index (χ0n) is 31.4. The molecule has 1 unspecified atom stereocenters. The zero-order chi connectivity index (χ0) is 33.4. The van der Waals surface area contributed by atoms with Crippen LogP contribution in [0.25, 0.3) is 0 Å². The summed E-state index contributed by atoms with van der Waals surface area (Å²) in [7, 11) is 0. The number of hydrogen-bond acceptors (Lipinski definition) is 4. The van der Waals surface area contributed by atoms with E-state index in [1.165, 1.54) is 186 Å². The Hall–Kier alpha value is -0.870. The van der Waals surface area contributed by atoms with Crippen molar-refractivity contribution in [1.82, 2.24) is 0 Å². The second-order valence-electron chi connectivity index (χ2n) is 14.1. The monoisotopic (exact) mass is 651 g/mol. The van der Waals surface area contributed by atoms with Crippen LogP contribution in [-0.2, 0) is 14.3 Å². The van der Waals surface area contributed by atoms with E-state index in [9.17, 15) is 9.90 Å². The van der Waals surface area contributed by atoms with Gasteiger partial charge in [-0.05, 0) is 38.5 Å². The molecule has 0 aliphatic rings. The van der Waals surface area contributed by atoms with Gasteiger partial charge in [-0.2, -0.15) is 0 Å². The molecule has 0 aromatic carbocycles. The van der Waals surface area contributed by atoms with Gasteiger partial charge in [-0.15, -0.1) is 0 Å². The Morgan fingerprint density at radius 2 is 0.848 bits per heavy atom. The van der Waals surface area contributed by atoms with E-state index in [0.29, 0.717) is 19.6 Å². The van der Waals surface area contributed by atoms with Crippen molar-refractivity contribution in [3.63, 3.8) is 0 Å². The molecular weight excluding hydrogens is 568 g/mol. The van der Waals surface area contributed by atoms with Gasteiger partial charge in [-0.3, -0.25) is 4.79 Å². The minimum absolute atomic E-state index is 0.169. The van der Waals surface area contributed by atoms with Crippen LogP contribution in [0.2, 0.25) is 0 Å². The third kappa shape index (κ3) is 37.6. The second kappa shape index (κ2) is 40.3. The van der Waals surface area contributed by atoms with E-state index in [-0.39, 0.29) is 12.6 Å². The van der Waals surface area contributed by atoms with Crippen LogP contribution in [0.1, 0.15) is 226 Å². The highest BCUT2D eigenvalue weighted by atomic mass is 16.6. The molecule has 0 aromatic heterocycles. The third-order valence-corrected chi connectivity index (χ3v) is 9.34. The number of esters is 1. The first-order valence-corrected chi connectivity index (χ1v) is 20.8. The highest BCUT2D eigenvalue weighted by molar-refractivity contribution is 5.69. The summed E-state index contributed by atoms with van der Waals surface area (Å²) in [6, 6.07) is 0. The van der Waals surface area contributed by atoms with Crippen molar-refractivity contribution >= 4 is 5.97 Å². The van der Waals surface area contributed by atoms with Gasteiger partial charge < -0.3 is 14.6 Å². The van der Waals surface area contributed by atoms with Gasteiger partial charge in [0.05, 0.1) is 13.2 Å².